The van der Waals surface area contributed by atoms with E-state index in [0.29, 0.717) is 18.4 Å². The number of nitrogens with zero attached hydrogens (tertiary/aromatic N) is 1. The number of hydrogen-bond donors (Lipinski definition) is 2. The highest BCUT2D eigenvalue weighted by Gasteiger charge is 2.17. The molecule has 5 nitrogen and oxygen atoms in total. The van der Waals surface area contributed by atoms with Crippen molar-refractivity contribution >= 4 is 18.3 Å². The predicted octanol–water partition coefficient (Wildman–Crippen LogP) is 2.87. The maximum absolute atomic E-state index is 12.2. The normalized spacial score (nSPS) is 11.8. The van der Waals surface area contributed by atoms with Gasteiger partial charge in [-0.1, -0.05) is 32.0 Å². The van der Waals surface area contributed by atoms with E-state index in [0.717, 1.165) is 12.0 Å². The Morgan fingerprint density at radius 3 is 2.59 bits per heavy atom. The van der Waals surface area contributed by atoms with E-state index in [-0.39, 0.29) is 30.0 Å². The van der Waals surface area contributed by atoms with Crippen molar-refractivity contribution in [1.29, 1.82) is 0 Å². The third-order valence-electron chi connectivity index (χ3n) is 3.13. The van der Waals surface area contributed by atoms with Crippen LogP contribution in [0.3, 0.4) is 0 Å². The van der Waals surface area contributed by atoms with Gasteiger partial charge in [0.05, 0.1) is 0 Å². The summed E-state index contributed by atoms with van der Waals surface area (Å²) in [7, 11) is 0. The molecule has 0 aliphatic carbocycles. The first-order chi connectivity index (χ1) is 10.1. The third-order valence-corrected chi connectivity index (χ3v) is 3.13. The summed E-state index contributed by atoms with van der Waals surface area (Å²) in [6, 6.07) is 9.43. The van der Waals surface area contributed by atoms with Gasteiger partial charge in [0, 0.05) is 18.2 Å². The van der Waals surface area contributed by atoms with Gasteiger partial charge in [-0.2, -0.15) is 0 Å². The van der Waals surface area contributed by atoms with Crippen molar-refractivity contribution in [3.63, 3.8) is 0 Å². The lowest BCUT2D eigenvalue weighted by Crippen LogP contribution is -2.41. The van der Waals surface area contributed by atoms with E-state index in [4.69, 9.17) is 10.2 Å². The first kappa shape index (κ1) is 18.2. The van der Waals surface area contributed by atoms with Crippen LogP contribution in [0, 0.1) is 5.92 Å². The molecule has 0 saturated carbocycles. The minimum absolute atomic E-state index is 0. The highest BCUT2D eigenvalue weighted by molar-refractivity contribution is 5.92. The van der Waals surface area contributed by atoms with Crippen LogP contribution in [0.4, 0.5) is 0 Å². The number of hydrogen-bond acceptors (Lipinski definition) is 4. The summed E-state index contributed by atoms with van der Waals surface area (Å²) in [6.45, 7) is 4.60. The van der Waals surface area contributed by atoms with Crippen LogP contribution >= 0.6 is 12.4 Å². The summed E-state index contributed by atoms with van der Waals surface area (Å²) in [6.07, 6.45) is 2.21. The summed E-state index contributed by atoms with van der Waals surface area (Å²) >= 11 is 0. The molecule has 2 aromatic rings. The van der Waals surface area contributed by atoms with Crippen molar-refractivity contribution in [2.75, 3.05) is 6.54 Å². The van der Waals surface area contributed by atoms with Crippen molar-refractivity contribution in [2.45, 2.75) is 26.3 Å². The minimum Gasteiger partial charge on any atom is -0.444 e. The van der Waals surface area contributed by atoms with Crippen molar-refractivity contribution in [2.24, 2.45) is 11.7 Å². The summed E-state index contributed by atoms with van der Waals surface area (Å²) in [5.74, 6) is 0.655. The fraction of sp³-hybridized carbons (Fsp3) is 0.375. The number of halogens is 1. The number of nitrogens with one attached hydrogen (secondary N) is 1. The fourth-order valence-electron chi connectivity index (χ4n) is 2.13. The van der Waals surface area contributed by atoms with Gasteiger partial charge >= 0.3 is 0 Å². The van der Waals surface area contributed by atoms with E-state index in [1.165, 1.54) is 6.26 Å². The predicted molar refractivity (Wildman–Crippen MR) is 89.0 cm³/mol. The largest absolute Gasteiger partial charge is 0.444 e. The van der Waals surface area contributed by atoms with E-state index in [2.05, 4.69) is 24.1 Å². The summed E-state index contributed by atoms with van der Waals surface area (Å²) in [5, 5.41) is 2.89. The molecule has 22 heavy (non-hydrogen) atoms. The molecule has 6 heteroatoms. The zero-order valence-corrected chi connectivity index (χ0v) is 13.6. The molecule has 2 rings (SSSR count). The average Bonchev–Trinajstić information content (AvgIpc) is 2.97. The SMILES string of the molecule is CC(C)CC(CN)NC(=O)c1coc(-c2ccccc2)n1.Cl. The molecule has 1 aromatic carbocycles. The van der Waals surface area contributed by atoms with Crippen LogP contribution in [0.25, 0.3) is 11.5 Å². The Labute approximate surface area is 136 Å². The lowest BCUT2D eigenvalue weighted by atomic mass is 10.0. The van der Waals surface area contributed by atoms with E-state index in [9.17, 15) is 4.79 Å². The van der Waals surface area contributed by atoms with Gasteiger partial charge in [-0.25, -0.2) is 4.98 Å². The van der Waals surface area contributed by atoms with E-state index >= 15 is 0 Å². The topological polar surface area (TPSA) is 81.1 Å². The number of benzene rings is 1. The fourth-order valence-corrected chi connectivity index (χ4v) is 2.13. The Bertz CT molecular complexity index is 584. The number of oxazole rings is 1. The number of carbonyl (C=O) groups is 1. The first-order valence-corrected chi connectivity index (χ1v) is 7.12. The molecule has 0 aliphatic heterocycles. The zero-order chi connectivity index (χ0) is 15.2. The maximum Gasteiger partial charge on any atom is 0.273 e. The molecule has 1 unspecified atom stereocenters. The van der Waals surface area contributed by atoms with Crippen LogP contribution in [-0.2, 0) is 0 Å². The molecule has 0 spiro atoms. The molecule has 3 N–H and O–H groups in total. The Hall–Kier alpha value is -1.85. The van der Waals surface area contributed by atoms with Crippen LogP contribution in [-0.4, -0.2) is 23.5 Å². The van der Waals surface area contributed by atoms with Crippen molar-refractivity contribution in [1.82, 2.24) is 10.3 Å². The van der Waals surface area contributed by atoms with Gasteiger partial charge in [0.25, 0.3) is 5.91 Å². The molecule has 120 valence electrons. The van der Waals surface area contributed by atoms with E-state index < -0.39 is 0 Å². The average molecular weight is 324 g/mol. The van der Waals surface area contributed by atoms with Crippen molar-refractivity contribution in [3.8, 4) is 11.5 Å². The number of carbonyl (C=O) groups excluding carboxylic acids is 1. The molecular weight excluding hydrogens is 302 g/mol. The highest BCUT2D eigenvalue weighted by atomic mass is 35.5. The highest BCUT2D eigenvalue weighted by Crippen LogP contribution is 2.18. The van der Waals surface area contributed by atoms with Gasteiger partial charge < -0.3 is 15.5 Å². The van der Waals surface area contributed by atoms with Crippen LogP contribution in [0.15, 0.2) is 41.0 Å². The second kappa shape index (κ2) is 8.56. The van der Waals surface area contributed by atoms with Gasteiger partial charge in [-0.15, -0.1) is 12.4 Å². The molecule has 1 atom stereocenters. The lowest BCUT2D eigenvalue weighted by Gasteiger charge is -2.17. The number of amides is 1. The van der Waals surface area contributed by atoms with Gasteiger partial charge in [-0.05, 0) is 24.5 Å². The monoisotopic (exact) mass is 323 g/mol. The minimum atomic E-state index is -0.253. The Kier molecular flexibility index (Phi) is 7.08. The summed E-state index contributed by atoms with van der Waals surface area (Å²) < 4.78 is 5.36. The first-order valence-electron chi connectivity index (χ1n) is 7.12. The van der Waals surface area contributed by atoms with Crippen LogP contribution in [0.2, 0.25) is 0 Å². The standard InChI is InChI=1S/C16H21N3O2.ClH/c1-11(2)8-13(9-17)18-15(20)14-10-21-16(19-14)12-6-4-3-5-7-12;/h3-7,10-11,13H,8-9,17H2,1-2H3,(H,18,20);1H. The van der Waals surface area contributed by atoms with Crippen LogP contribution in [0.5, 0.6) is 0 Å². The number of nitrogens with two attached hydrogens (primary N) is 1. The van der Waals surface area contributed by atoms with E-state index in [1.54, 1.807) is 0 Å². The summed E-state index contributed by atoms with van der Waals surface area (Å²) in [5.41, 5.74) is 6.80. The number of aromatic nitrogens is 1. The molecule has 0 aliphatic rings. The smallest absolute Gasteiger partial charge is 0.273 e. The summed E-state index contributed by atoms with van der Waals surface area (Å²) in [4.78, 5) is 16.4. The second-order valence-electron chi connectivity index (χ2n) is 5.44. The van der Waals surface area contributed by atoms with Gasteiger partial charge in [0.1, 0.15) is 6.26 Å². The lowest BCUT2D eigenvalue weighted by molar-refractivity contribution is 0.0928. The molecule has 0 fully saturated rings. The molecule has 1 amide bonds. The molecule has 1 heterocycles. The molecule has 0 radical (unpaired) electrons. The Morgan fingerprint density at radius 2 is 2.00 bits per heavy atom. The van der Waals surface area contributed by atoms with Crippen LogP contribution < -0.4 is 11.1 Å². The molecule has 1 aromatic heterocycles. The van der Waals surface area contributed by atoms with Gasteiger partial charge in [-0.3, -0.25) is 4.79 Å². The van der Waals surface area contributed by atoms with E-state index in [1.807, 2.05) is 30.3 Å². The Balaban J connectivity index is 0.00000242. The molecular formula is C16H22ClN3O2. The molecule has 0 bridgehead atoms. The van der Waals surface area contributed by atoms with Crippen LogP contribution in [0.1, 0.15) is 30.8 Å². The number of rotatable bonds is 6. The quantitative estimate of drug-likeness (QED) is 0.856. The maximum atomic E-state index is 12.2. The van der Waals surface area contributed by atoms with Crippen molar-refractivity contribution < 1.29 is 9.21 Å². The second-order valence-corrected chi connectivity index (χ2v) is 5.44. The Morgan fingerprint density at radius 1 is 1.32 bits per heavy atom. The molecule has 0 saturated heterocycles. The van der Waals surface area contributed by atoms with Crippen molar-refractivity contribution in [3.05, 3.63) is 42.3 Å². The third kappa shape index (κ3) is 4.86. The van der Waals surface area contributed by atoms with Gasteiger partial charge in [0.15, 0.2) is 5.69 Å². The zero-order valence-electron chi connectivity index (χ0n) is 12.8. The van der Waals surface area contributed by atoms with Gasteiger partial charge in [0.2, 0.25) is 5.89 Å².